The fourth-order valence-electron chi connectivity index (χ4n) is 5.86. The topological polar surface area (TPSA) is 12.5 Å². The average Bonchev–Trinajstić information content (AvgIpc) is 3.37. The van der Waals surface area contributed by atoms with Gasteiger partial charge in [0.15, 0.2) is 0 Å². The van der Waals surface area contributed by atoms with Crippen LogP contribution in [0.2, 0.25) is 0 Å². The van der Waals surface area contributed by atoms with Gasteiger partial charge in [0.2, 0.25) is 0 Å². The van der Waals surface area contributed by atoms with Gasteiger partial charge in [-0.3, -0.25) is 0 Å². The van der Waals surface area contributed by atoms with Crippen LogP contribution in [-0.4, -0.2) is 7.05 Å². The van der Waals surface area contributed by atoms with E-state index in [0.29, 0.717) is 0 Å². The van der Waals surface area contributed by atoms with Gasteiger partial charge < -0.3 is 9.47 Å². The molecule has 0 bridgehead atoms. The van der Waals surface area contributed by atoms with Crippen LogP contribution >= 0.6 is 0 Å². The highest BCUT2D eigenvalue weighted by molar-refractivity contribution is 6.77. The third kappa shape index (κ3) is 3.14. The zero-order valence-electron chi connectivity index (χ0n) is 20.1. The fraction of sp³-hybridized carbons (Fsp3) is 0. The first-order valence-corrected chi connectivity index (χ1v) is 12.7. The first-order valence-electron chi connectivity index (χ1n) is 12.7. The Morgan fingerprint density at radius 2 is 1.14 bits per heavy atom. The quantitative estimate of drug-likeness (QED) is 0.237. The van der Waals surface area contributed by atoms with Crippen molar-refractivity contribution < 1.29 is 4.65 Å². The highest BCUT2D eigenvalue weighted by atomic mass is 16.5. The zero-order chi connectivity index (χ0) is 24.3. The Morgan fingerprint density at radius 1 is 0.459 bits per heavy atom. The standard InChI is InChI=1S/C34H22BNO/c1-2-9-24-20-27(17-16-23(24)8-1)25-10-7-11-26(21-25)28-18-19-31-30(22-28)29-12-3-4-13-32(29)36-33-14-5-6-15-34(33)37-35(31)36/h1-22H. The molecule has 172 valence electrons. The van der Waals surface area contributed by atoms with Crippen molar-refractivity contribution >= 4 is 34.7 Å². The zero-order valence-corrected chi connectivity index (χ0v) is 20.1. The molecule has 0 unspecified atom stereocenters. The van der Waals surface area contributed by atoms with E-state index in [1.165, 1.54) is 55.3 Å². The summed E-state index contributed by atoms with van der Waals surface area (Å²) in [5.41, 5.74) is 10.9. The van der Waals surface area contributed by atoms with Crippen molar-refractivity contribution in [2.75, 3.05) is 4.81 Å². The first-order chi connectivity index (χ1) is 18.3. The number of benzene rings is 6. The van der Waals surface area contributed by atoms with Crippen LogP contribution in [0.15, 0.2) is 133 Å². The van der Waals surface area contributed by atoms with E-state index >= 15 is 0 Å². The SMILES string of the molecule is c1cc(-c2ccc3c(c2)-c2ccccc2N2B3Oc3ccccc32)cc(-c2ccc3ccccc3c2)c1. The predicted molar refractivity (Wildman–Crippen MR) is 155 cm³/mol. The summed E-state index contributed by atoms with van der Waals surface area (Å²) < 4.78 is 6.48. The highest BCUT2D eigenvalue weighted by Gasteiger charge is 2.44. The molecule has 2 aliphatic rings. The first kappa shape index (κ1) is 20.4. The number of rotatable bonds is 2. The summed E-state index contributed by atoms with van der Waals surface area (Å²) >= 11 is 0. The van der Waals surface area contributed by atoms with Gasteiger partial charge in [0.25, 0.3) is 0 Å². The van der Waals surface area contributed by atoms with E-state index in [1.807, 2.05) is 6.07 Å². The predicted octanol–water partition coefficient (Wildman–Crippen LogP) is 8.08. The van der Waals surface area contributed by atoms with Gasteiger partial charge in [-0.15, -0.1) is 0 Å². The number of fused-ring (bicyclic) bond motifs is 9. The molecule has 0 saturated heterocycles. The van der Waals surface area contributed by atoms with E-state index in [0.717, 1.165) is 11.4 Å². The minimum atomic E-state index is -0.153. The monoisotopic (exact) mass is 471 g/mol. The molecule has 37 heavy (non-hydrogen) atoms. The van der Waals surface area contributed by atoms with Gasteiger partial charge in [-0.05, 0) is 80.5 Å². The Balaban J connectivity index is 1.24. The van der Waals surface area contributed by atoms with Crippen molar-refractivity contribution in [3.63, 3.8) is 0 Å². The molecule has 0 aliphatic carbocycles. The normalized spacial score (nSPS) is 13.0. The van der Waals surface area contributed by atoms with E-state index in [2.05, 4.69) is 132 Å². The van der Waals surface area contributed by atoms with Crippen molar-refractivity contribution in [2.45, 2.75) is 0 Å². The van der Waals surface area contributed by atoms with Gasteiger partial charge in [0, 0.05) is 11.3 Å². The smallest absolute Gasteiger partial charge is 0.524 e. The molecule has 2 heterocycles. The van der Waals surface area contributed by atoms with Gasteiger partial charge in [-0.25, -0.2) is 0 Å². The number of anilines is 2. The molecular weight excluding hydrogens is 449 g/mol. The molecule has 0 radical (unpaired) electrons. The molecule has 0 N–H and O–H groups in total. The van der Waals surface area contributed by atoms with Crippen LogP contribution in [0.1, 0.15) is 0 Å². The van der Waals surface area contributed by atoms with Gasteiger partial charge >= 0.3 is 7.05 Å². The minimum absolute atomic E-state index is 0.153. The highest BCUT2D eigenvalue weighted by Crippen LogP contribution is 2.47. The second-order valence-corrected chi connectivity index (χ2v) is 9.77. The maximum atomic E-state index is 6.48. The van der Waals surface area contributed by atoms with Gasteiger partial charge in [-0.2, -0.15) is 0 Å². The lowest BCUT2D eigenvalue weighted by molar-refractivity contribution is 0.603. The van der Waals surface area contributed by atoms with Crippen molar-refractivity contribution in [1.29, 1.82) is 0 Å². The Bertz CT molecular complexity index is 1840. The number of hydrogen-bond donors (Lipinski definition) is 0. The van der Waals surface area contributed by atoms with E-state index < -0.39 is 0 Å². The van der Waals surface area contributed by atoms with Crippen molar-refractivity contribution in [2.24, 2.45) is 0 Å². The lowest BCUT2D eigenvalue weighted by atomic mass is 9.64. The summed E-state index contributed by atoms with van der Waals surface area (Å²) in [5.74, 6) is 0.933. The van der Waals surface area contributed by atoms with Crippen LogP contribution in [0.3, 0.4) is 0 Å². The van der Waals surface area contributed by atoms with Crippen molar-refractivity contribution in [1.82, 2.24) is 0 Å². The molecule has 0 saturated carbocycles. The largest absolute Gasteiger partial charge is 0.536 e. The van der Waals surface area contributed by atoms with E-state index in [4.69, 9.17) is 4.65 Å². The second kappa shape index (κ2) is 7.87. The third-order valence-electron chi connectivity index (χ3n) is 7.65. The molecule has 2 nitrogen and oxygen atoms in total. The number of nitrogens with zero attached hydrogens (tertiary/aromatic N) is 1. The van der Waals surface area contributed by atoms with Crippen molar-refractivity contribution in [3.05, 3.63) is 133 Å². The minimum Gasteiger partial charge on any atom is -0.536 e. The van der Waals surface area contributed by atoms with E-state index in [9.17, 15) is 0 Å². The van der Waals surface area contributed by atoms with Crippen LogP contribution in [0, 0.1) is 0 Å². The van der Waals surface area contributed by atoms with E-state index in [1.54, 1.807) is 0 Å². The summed E-state index contributed by atoms with van der Waals surface area (Å²) in [6.07, 6.45) is 0. The average molecular weight is 471 g/mol. The Labute approximate surface area is 216 Å². The van der Waals surface area contributed by atoms with Gasteiger partial charge in [-0.1, -0.05) is 97.1 Å². The maximum absolute atomic E-state index is 6.48. The Morgan fingerprint density at radius 3 is 2.03 bits per heavy atom. The molecule has 2 aliphatic heterocycles. The Hall–Kier alpha value is -4.76. The molecule has 6 aromatic carbocycles. The molecule has 0 atom stereocenters. The summed E-state index contributed by atoms with van der Waals surface area (Å²) in [4.78, 5) is 2.33. The van der Waals surface area contributed by atoms with Crippen molar-refractivity contribution in [3.8, 4) is 39.1 Å². The molecule has 3 heteroatoms. The fourth-order valence-corrected chi connectivity index (χ4v) is 5.86. The molecule has 0 fully saturated rings. The van der Waals surface area contributed by atoms with Crippen LogP contribution < -0.4 is 14.9 Å². The van der Waals surface area contributed by atoms with Crippen LogP contribution in [0.4, 0.5) is 11.4 Å². The lowest BCUT2D eigenvalue weighted by Gasteiger charge is -2.31. The maximum Gasteiger partial charge on any atom is 0.524 e. The molecule has 0 spiro atoms. The van der Waals surface area contributed by atoms with Gasteiger partial charge in [0.05, 0.1) is 5.69 Å². The number of hydrogen-bond acceptors (Lipinski definition) is 2. The summed E-state index contributed by atoms with van der Waals surface area (Å²) in [7, 11) is -0.153. The second-order valence-electron chi connectivity index (χ2n) is 9.77. The van der Waals surface area contributed by atoms with Crippen LogP contribution in [-0.2, 0) is 0 Å². The lowest BCUT2D eigenvalue weighted by Crippen LogP contribution is -2.50. The number of para-hydroxylation sites is 3. The molecule has 8 rings (SSSR count). The summed E-state index contributed by atoms with van der Waals surface area (Å²) in [6, 6.07) is 47.9. The summed E-state index contributed by atoms with van der Waals surface area (Å²) in [6.45, 7) is 0. The molecule has 6 aromatic rings. The molecule has 0 amide bonds. The van der Waals surface area contributed by atoms with E-state index in [-0.39, 0.29) is 7.05 Å². The molecular formula is C34H22BNO. The van der Waals surface area contributed by atoms with Crippen LogP contribution in [0.5, 0.6) is 5.75 Å². The molecule has 0 aromatic heterocycles. The summed E-state index contributed by atoms with van der Waals surface area (Å²) in [5, 5.41) is 2.53. The third-order valence-corrected chi connectivity index (χ3v) is 7.65. The Kier molecular flexibility index (Phi) is 4.35. The van der Waals surface area contributed by atoms with Gasteiger partial charge in [0.1, 0.15) is 5.75 Å². The van der Waals surface area contributed by atoms with Crippen LogP contribution in [0.25, 0.3) is 44.2 Å².